The number of rotatable bonds is 0. The van der Waals surface area contributed by atoms with E-state index in [2.05, 4.69) is 27.7 Å². The molecule has 2 aliphatic heterocycles. The van der Waals surface area contributed by atoms with Gasteiger partial charge < -0.3 is 14.6 Å². The van der Waals surface area contributed by atoms with E-state index in [1.807, 2.05) is 0 Å². The van der Waals surface area contributed by atoms with Crippen LogP contribution in [0, 0.1) is 52.3 Å². The fraction of sp³-hybridized carbons (Fsp3) is 0.963. The quantitative estimate of drug-likeness (QED) is 0.589. The summed E-state index contributed by atoms with van der Waals surface area (Å²) in [5.41, 5.74) is 0.143. The summed E-state index contributed by atoms with van der Waals surface area (Å²) in [5.74, 6) is 3.36. The van der Waals surface area contributed by atoms with E-state index in [0.29, 0.717) is 41.3 Å². The Balaban J connectivity index is 1.30. The second kappa shape index (κ2) is 6.79. The summed E-state index contributed by atoms with van der Waals surface area (Å²) in [5, 5.41) is 10.3. The van der Waals surface area contributed by atoms with Crippen molar-refractivity contribution in [1.29, 1.82) is 0 Å². The van der Waals surface area contributed by atoms with Gasteiger partial charge in [-0.05, 0) is 85.4 Å². The molecule has 1 N–H and O–H groups in total. The highest BCUT2D eigenvalue weighted by molar-refractivity contribution is 5.84. The van der Waals surface area contributed by atoms with Gasteiger partial charge in [0.25, 0.3) is 0 Å². The van der Waals surface area contributed by atoms with Gasteiger partial charge in [0.2, 0.25) is 0 Å². The predicted octanol–water partition coefficient (Wildman–Crippen LogP) is 4.97. The average Bonchev–Trinajstić information content (AvgIpc) is 3.15. The van der Waals surface area contributed by atoms with Crippen LogP contribution in [0.25, 0.3) is 0 Å². The number of ether oxygens (including phenoxy) is 2. The van der Waals surface area contributed by atoms with Crippen LogP contribution in [-0.4, -0.2) is 35.5 Å². The molecule has 4 saturated carbocycles. The fourth-order valence-corrected chi connectivity index (χ4v) is 10.1. The zero-order valence-corrected chi connectivity index (χ0v) is 19.9. The lowest BCUT2D eigenvalue weighted by Gasteiger charge is -2.60. The van der Waals surface area contributed by atoms with E-state index in [1.54, 1.807) is 0 Å². The Morgan fingerprint density at radius 1 is 1.00 bits per heavy atom. The molecule has 0 aromatic heterocycles. The molecule has 2 saturated heterocycles. The van der Waals surface area contributed by atoms with Gasteiger partial charge in [0.15, 0.2) is 5.79 Å². The number of aliphatic hydroxyl groups excluding tert-OH is 1. The van der Waals surface area contributed by atoms with Gasteiger partial charge in [-0.2, -0.15) is 0 Å². The van der Waals surface area contributed by atoms with Crippen LogP contribution in [0.15, 0.2) is 0 Å². The Morgan fingerprint density at radius 2 is 1.81 bits per heavy atom. The second-order valence-electron chi connectivity index (χ2n) is 13.1. The van der Waals surface area contributed by atoms with Crippen molar-refractivity contribution in [2.45, 2.75) is 103 Å². The van der Waals surface area contributed by atoms with E-state index in [1.165, 1.54) is 12.8 Å². The normalized spacial score (nSPS) is 60.9. The molecule has 0 radical (unpaired) electrons. The Hall–Kier alpha value is -0.450. The van der Waals surface area contributed by atoms with Crippen molar-refractivity contribution in [1.82, 2.24) is 0 Å². The number of ketones is 1. The van der Waals surface area contributed by atoms with E-state index >= 15 is 0 Å². The van der Waals surface area contributed by atoms with Crippen LogP contribution in [0.3, 0.4) is 0 Å². The highest BCUT2D eigenvalue weighted by Crippen LogP contribution is 2.70. The highest BCUT2D eigenvalue weighted by Gasteiger charge is 2.70. The molecule has 0 bridgehead atoms. The van der Waals surface area contributed by atoms with Gasteiger partial charge in [-0.1, -0.05) is 27.7 Å². The maximum absolute atomic E-state index is 13.9. The van der Waals surface area contributed by atoms with Crippen LogP contribution in [-0.2, 0) is 14.3 Å². The lowest BCUT2D eigenvalue weighted by Crippen LogP contribution is -2.58. The molecule has 4 nitrogen and oxygen atoms in total. The maximum atomic E-state index is 13.9. The Bertz CT molecular complexity index is 756. The summed E-state index contributed by atoms with van der Waals surface area (Å²) in [6.07, 6.45) is 9.26. The minimum Gasteiger partial charge on any atom is -0.393 e. The topological polar surface area (TPSA) is 55.8 Å². The first-order valence-electron chi connectivity index (χ1n) is 13.2. The van der Waals surface area contributed by atoms with Gasteiger partial charge in [0, 0.05) is 24.7 Å². The molecule has 0 aromatic rings. The monoisotopic (exact) mass is 430 g/mol. The summed E-state index contributed by atoms with van der Waals surface area (Å²) in [4.78, 5) is 13.9. The van der Waals surface area contributed by atoms with Crippen LogP contribution < -0.4 is 0 Å². The smallest absolute Gasteiger partial charge is 0.171 e. The molecule has 4 heteroatoms. The number of carbonyl (C=O) groups is 1. The molecule has 2 heterocycles. The summed E-state index contributed by atoms with van der Waals surface area (Å²) in [7, 11) is 0. The standard InChI is InChI=1S/C27H42O4/c1-15-7-10-27(30-14-15)16(2)23-22(31-27)12-20-19-6-5-17-11-18(28)8-9-25(17,3)24(19)21(29)13-26(20,23)4/h15-20,22-24,28H,5-14H2,1-4H3/t15-,16-,17+,18+,19+,20+,22+,23+,24-,25+,26+,27-/m1/s1. The van der Waals surface area contributed by atoms with Crippen LogP contribution >= 0.6 is 0 Å². The van der Waals surface area contributed by atoms with Gasteiger partial charge in [-0.3, -0.25) is 4.79 Å². The highest BCUT2D eigenvalue weighted by atomic mass is 16.7. The lowest BCUT2D eigenvalue weighted by atomic mass is 9.44. The molecule has 6 aliphatic rings. The third-order valence-electron chi connectivity index (χ3n) is 11.6. The fourth-order valence-electron chi connectivity index (χ4n) is 10.1. The summed E-state index contributed by atoms with van der Waals surface area (Å²) >= 11 is 0. The molecule has 0 unspecified atom stereocenters. The second-order valence-corrected chi connectivity index (χ2v) is 13.1. The third-order valence-corrected chi connectivity index (χ3v) is 11.6. The van der Waals surface area contributed by atoms with E-state index in [4.69, 9.17) is 9.47 Å². The first-order chi connectivity index (χ1) is 14.7. The van der Waals surface area contributed by atoms with Crippen molar-refractivity contribution in [3.63, 3.8) is 0 Å². The zero-order chi connectivity index (χ0) is 21.8. The third kappa shape index (κ3) is 2.74. The summed E-state index contributed by atoms with van der Waals surface area (Å²) < 4.78 is 13.2. The molecule has 0 aromatic carbocycles. The van der Waals surface area contributed by atoms with Gasteiger partial charge in [0.1, 0.15) is 5.78 Å². The van der Waals surface area contributed by atoms with Crippen molar-refractivity contribution in [3.05, 3.63) is 0 Å². The minimum atomic E-state index is -0.404. The van der Waals surface area contributed by atoms with E-state index < -0.39 is 5.79 Å². The number of carbonyl (C=O) groups excluding carboxylic acids is 1. The molecule has 6 rings (SSSR count). The molecular formula is C27H42O4. The first-order valence-corrected chi connectivity index (χ1v) is 13.2. The van der Waals surface area contributed by atoms with Gasteiger partial charge in [-0.25, -0.2) is 0 Å². The van der Waals surface area contributed by atoms with Crippen LogP contribution in [0.5, 0.6) is 0 Å². The van der Waals surface area contributed by atoms with Crippen molar-refractivity contribution in [3.8, 4) is 0 Å². The number of hydrogen-bond donors (Lipinski definition) is 1. The predicted molar refractivity (Wildman–Crippen MR) is 118 cm³/mol. The van der Waals surface area contributed by atoms with Crippen LogP contribution in [0.1, 0.15) is 85.5 Å². The molecule has 1 spiro atoms. The first kappa shape index (κ1) is 21.1. The van der Waals surface area contributed by atoms with E-state index in [9.17, 15) is 9.90 Å². The lowest BCUT2D eigenvalue weighted by molar-refractivity contribution is -0.272. The number of Topliss-reactive ketones (excluding diaryl/α,β-unsaturated/α-hetero) is 1. The van der Waals surface area contributed by atoms with Crippen molar-refractivity contribution in [2.75, 3.05) is 6.61 Å². The largest absolute Gasteiger partial charge is 0.393 e. The molecule has 12 atom stereocenters. The van der Waals surface area contributed by atoms with Crippen molar-refractivity contribution >= 4 is 5.78 Å². The van der Waals surface area contributed by atoms with Gasteiger partial charge in [0.05, 0.1) is 18.8 Å². The van der Waals surface area contributed by atoms with Gasteiger partial charge in [-0.15, -0.1) is 0 Å². The summed E-state index contributed by atoms with van der Waals surface area (Å²) in [6.45, 7) is 10.2. The number of hydrogen-bond acceptors (Lipinski definition) is 4. The van der Waals surface area contributed by atoms with Crippen molar-refractivity contribution in [2.24, 2.45) is 52.3 Å². The zero-order valence-electron chi connectivity index (χ0n) is 19.9. The molecule has 4 aliphatic carbocycles. The SMILES string of the molecule is C[C@@H]1CC[C@@]2(OC1)O[C@H]1C[C@H]3[C@@H]4CC[C@H]5C[C@@H](O)CC[C@]5(C)[C@H]4C(=O)C[C@]3(C)[C@H]1[C@H]2C. The van der Waals surface area contributed by atoms with Crippen LogP contribution in [0.2, 0.25) is 0 Å². The van der Waals surface area contributed by atoms with Crippen LogP contribution in [0.4, 0.5) is 0 Å². The molecule has 174 valence electrons. The van der Waals surface area contributed by atoms with E-state index in [0.717, 1.165) is 51.6 Å². The average molecular weight is 431 g/mol. The molecule has 31 heavy (non-hydrogen) atoms. The Morgan fingerprint density at radius 3 is 2.55 bits per heavy atom. The number of aliphatic hydroxyl groups is 1. The Labute approximate surface area is 187 Å². The number of fused-ring (bicyclic) bond motifs is 7. The minimum absolute atomic E-state index is 0.0512. The van der Waals surface area contributed by atoms with Gasteiger partial charge >= 0.3 is 0 Å². The van der Waals surface area contributed by atoms with Crippen molar-refractivity contribution < 1.29 is 19.4 Å². The Kier molecular flexibility index (Phi) is 4.62. The van der Waals surface area contributed by atoms with E-state index in [-0.39, 0.29) is 29.0 Å². The molecular weight excluding hydrogens is 388 g/mol. The maximum Gasteiger partial charge on any atom is 0.171 e. The summed E-state index contributed by atoms with van der Waals surface area (Å²) in [6, 6.07) is 0. The molecule has 0 amide bonds. The molecule has 6 fully saturated rings.